The van der Waals surface area contributed by atoms with E-state index < -0.39 is 24.4 Å². The lowest BCUT2D eigenvalue weighted by Gasteiger charge is -2.13. The molecule has 1 aromatic heterocycles. The first kappa shape index (κ1) is 21.7. The minimum atomic E-state index is -0.891. The number of ether oxygens (including phenoxy) is 1. The van der Waals surface area contributed by atoms with E-state index in [0.29, 0.717) is 5.69 Å². The first-order valence-electron chi connectivity index (χ1n) is 8.31. The van der Waals surface area contributed by atoms with Crippen molar-refractivity contribution in [1.82, 2.24) is 10.3 Å². The summed E-state index contributed by atoms with van der Waals surface area (Å²) in [6.45, 7) is 4.91. The van der Waals surface area contributed by atoms with Gasteiger partial charge in [0.2, 0.25) is 5.91 Å². The van der Waals surface area contributed by atoms with Crippen LogP contribution < -0.4 is 10.6 Å². The van der Waals surface area contributed by atoms with E-state index in [4.69, 9.17) is 27.9 Å². The third kappa shape index (κ3) is 5.94. The van der Waals surface area contributed by atoms with Crippen molar-refractivity contribution < 1.29 is 19.1 Å². The molecular formula is C19H19Cl2N3O4. The number of aryl methyl sites for hydroxylation is 3. The summed E-state index contributed by atoms with van der Waals surface area (Å²) in [7, 11) is 0. The van der Waals surface area contributed by atoms with Crippen molar-refractivity contribution in [2.45, 2.75) is 20.8 Å². The second kappa shape index (κ2) is 9.52. The highest BCUT2D eigenvalue weighted by atomic mass is 35.5. The van der Waals surface area contributed by atoms with Gasteiger partial charge < -0.3 is 15.4 Å². The molecular weight excluding hydrogens is 405 g/mol. The molecule has 2 N–H and O–H groups in total. The Hall–Kier alpha value is -2.64. The third-order valence-electron chi connectivity index (χ3n) is 3.73. The topological polar surface area (TPSA) is 97.4 Å². The first-order chi connectivity index (χ1) is 13.2. The maximum absolute atomic E-state index is 12.1. The Labute approximate surface area is 172 Å². The van der Waals surface area contributed by atoms with E-state index in [-0.39, 0.29) is 22.4 Å². The number of anilines is 1. The number of hydrogen-bond donors (Lipinski definition) is 2. The molecule has 1 aromatic carbocycles. The quantitative estimate of drug-likeness (QED) is 0.548. The molecule has 1 heterocycles. The van der Waals surface area contributed by atoms with Crippen molar-refractivity contribution in [2.75, 3.05) is 18.5 Å². The molecule has 0 aliphatic rings. The number of pyridine rings is 1. The summed E-state index contributed by atoms with van der Waals surface area (Å²) < 4.78 is 4.84. The fraction of sp³-hybridized carbons (Fsp3) is 0.263. The highest BCUT2D eigenvalue weighted by Crippen LogP contribution is 2.21. The number of aromatic nitrogens is 1. The Bertz CT molecular complexity index is 908. The standard InChI is InChI=1S/C19H19Cl2N3O4/c1-10-6-11(2)17(12(3)7-10)24-15(25)8-22-16(26)9-28-19(27)18-13(20)4-5-14(21)23-18/h4-7H,8-9H2,1-3H3,(H,22,26)(H,24,25). The van der Waals surface area contributed by atoms with Crippen molar-refractivity contribution in [3.63, 3.8) is 0 Å². The summed E-state index contributed by atoms with van der Waals surface area (Å²) in [5, 5.41) is 5.26. The number of carbonyl (C=O) groups excluding carboxylic acids is 3. The number of amides is 2. The smallest absolute Gasteiger partial charge is 0.359 e. The molecule has 0 aliphatic carbocycles. The van der Waals surface area contributed by atoms with Crippen LogP contribution >= 0.6 is 23.2 Å². The van der Waals surface area contributed by atoms with Gasteiger partial charge in [0, 0.05) is 5.69 Å². The molecule has 0 atom stereocenters. The minimum Gasteiger partial charge on any atom is -0.451 e. The van der Waals surface area contributed by atoms with Crippen molar-refractivity contribution in [2.24, 2.45) is 0 Å². The lowest BCUT2D eigenvalue weighted by atomic mass is 10.1. The van der Waals surface area contributed by atoms with E-state index in [9.17, 15) is 14.4 Å². The number of benzene rings is 1. The maximum Gasteiger partial charge on any atom is 0.359 e. The highest BCUT2D eigenvalue weighted by molar-refractivity contribution is 6.34. The largest absolute Gasteiger partial charge is 0.451 e. The molecule has 0 spiro atoms. The Kier molecular flexibility index (Phi) is 7.37. The number of carbonyl (C=O) groups is 3. The van der Waals surface area contributed by atoms with Crippen LogP contribution in [0.3, 0.4) is 0 Å². The second-order valence-corrected chi connectivity index (χ2v) is 6.93. The van der Waals surface area contributed by atoms with E-state index in [1.165, 1.54) is 12.1 Å². The van der Waals surface area contributed by atoms with Crippen LogP contribution in [0.4, 0.5) is 5.69 Å². The summed E-state index contributed by atoms with van der Waals surface area (Å²) >= 11 is 11.6. The van der Waals surface area contributed by atoms with Crippen LogP contribution in [0.2, 0.25) is 10.2 Å². The average molecular weight is 424 g/mol. The highest BCUT2D eigenvalue weighted by Gasteiger charge is 2.16. The predicted molar refractivity (Wildman–Crippen MR) is 107 cm³/mol. The summed E-state index contributed by atoms with van der Waals surface area (Å²) in [5.74, 6) is -1.92. The molecule has 0 fully saturated rings. The van der Waals surface area contributed by atoms with E-state index >= 15 is 0 Å². The molecule has 2 amide bonds. The number of nitrogens with one attached hydrogen (secondary N) is 2. The van der Waals surface area contributed by atoms with Gasteiger partial charge >= 0.3 is 5.97 Å². The molecule has 0 aliphatic heterocycles. The average Bonchev–Trinajstić information content (AvgIpc) is 2.62. The van der Waals surface area contributed by atoms with E-state index in [1.807, 2.05) is 32.9 Å². The van der Waals surface area contributed by atoms with Crippen LogP contribution in [0.1, 0.15) is 27.2 Å². The number of rotatable bonds is 6. The Morgan fingerprint density at radius 2 is 1.68 bits per heavy atom. The van der Waals surface area contributed by atoms with Crippen LogP contribution in [0.5, 0.6) is 0 Å². The van der Waals surface area contributed by atoms with Gasteiger partial charge in [0.05, 0.1) is 11.6 Å². The van der Waals surface area contributed by atoms with E-state index in [1.54, 1.807) is 0 Å². The van der Waals surface area contributed by atoms with Gasteiger partial charge in [-0.3, -0.25) is 9.59 Å². The molecule has 2 rings (SSSR count). The normalized spacial score (nSPS) is 10.3. The number of halogens is 2. The van der Waals surface area contributed by atoms with Gasteiger partial charge in [-0.25, -0.2) is 9.78 Å². The summed E-state index contributed by atoms with van der Waals surface area (Å²) in [6, 6.07) is 6.72. The lowest BCUT2D eigenvalue weighted by molar-refractivity contribution is -0.126. The summed E-state index contributed by atoms with van der Waals surface area (Å²) in [6.07, 6.45) is 0. The Morgan fingerprint density at radius 1 is 1.04 bits per heavy atom. The van der Waals surface area contributed by atoms with Crippen molar-refractivity contribution in [3.05, 3.63) is 56.8 Å². The molecule has 0 saturated carbocycles. The molecule has 9 heteroatoms. The van der Waals surface area contributed by atoms with Crippen LogP contribution in [0, 0.1) is 20.8 Å². The molecule has 0 unspecified atom stereocenters. The van der Waals surface area contributed by atoms with E-state index in [2.05, 4.69) is 15.6 Å². The molecule has 7 nitrogen and oxygen atoms in total. The zero-order valence-corrected chi connectivity index (χ0v) is 17.1. The van der Waals surface area contributed by atoms with Gasteiger partial charge in [-0.05, 0) is 44.0 Å². The fourth-order valence-electron chi connectivity index (χ4n) is 2.55. The zero-order valence-electron chi connectivity index (χ0n) is 15.6. The molecule has 0 saturated heterocycles. The first-order valence-corrected chi connectivity index (χ1v) is 9.06. The minimum absolute atomic E-state index is 0.0537. The van der Waals surface area contributed by atoms with Gasteiger partial charge in [-0.1, -0.05) is 40.9 Å². The van der Waals surface area contributed by atoms with Crippen LogP contribution in [-0.2, 0) is 14.3 Å². The van der Waals surface area contributed by atoms with Gasteiger partial charge in [0.25, 0.3) is 5.91 Å². The molecule has 0 bridgehead atoms. The fourth-order valence-corrected chi connectivity index (χ4v) is 2.88. The van der Waals surface area contributed by atoms with E-state index in [0.717, 1.165) is 16.7 Å². The number of esters is 1. The monoisotopic (exact) mass is 423 g/mol. The Balaban J connectivity index is 1.83. The third-order valence-corrected chi connectivity index (χ3v) is 4.24. The molecule has 2 aromatic rings. The number of hydrogen-bond acceptors (Lipinski definition) is 5. The summed E-state index contributed by atoms with van der Waals surface area (Å²) in [5.41, 5.74) is 3.47. The van der Waals surface area contributed by atoms with Gasteiger partial charge in [0.15, 0.2) is 12.3 Å². The molecule has 148 valence electrons. The van der Waals surface area contributed by atoms with Crippen LogP contribution in [-0.4, -0.2) is 35.9 Å². The SMILES string of the molecule is Cc1cc(C)c(NC(=O)CNC(=O)COC(=O)c2nc(Cl)ccc2Cl)c(C)c1. The van der Waals surface area contributed by atoms with Gasteiger partial charge in [-0.15, -0.1) is 0 Å². The molecule has 28 heavy (non-hydrogen) atoms. The van der Waals surface area contributed by atoms with Crippen molar-refractivity contribution in [1.29, 1.82) is 0 Å². The molecule has 0 radical (unpaired) electrons. The Morgan fingerprint density at radius 3 is 2.32 bits per heavy atom. The number of nitrogens with zero attached hydrogens (tertiary/aromatic N) is 1. The van der Waals surface area contributed by atoms with Crippen LogP contribution in [0.15, 0.2) is 24.3 Å². The van der Waals surface area contributed by atoms with Crippen molar-refractivity contribution >= 4 is 46.7 Å². The lowest BCUT2D eigenvalue weighted by Crippen LogP contribution is -2.35. The van der Waals surface area contributed by atoms with Crippen LogP contribution in [0.25, 0.3) is 0 Å². The zero-order chi connectivity index (χ0) is 20.8. The predicted octanol–water partition coefficient (Wildman–Crippen LogP) is 3.23. The second-order valence-electron chi connectivity index (χ2n) is 6.14. The maximum atomic E-state index is 12.1. The van der Waals surface area contributed by atoms with Gasteiger partial charge in [-0.2, -0.15) is 0 Å². The van der Waals surface area contributed by atoms with Crippen molar-refractivity contribution in [3.8, 4) is 0 Å². The summed E-state index contributed by atoms with van der Waals surface area (Å²) in [4.78, 5) is 39.6. The van der Waals surface area contributed by atoms with Gasteiger partial charge in [0.1, 0.15) is 5.15 Å².